The van der Waals surface area contributed by atoms with Crippen molar-refractivity contribution in [2.24, 2.45) is 4.99 Å². The highest BCUT2D eigenvalue weighted by atomic mass is 127. The van der Waals surface area contributed by atoms with Crippen LogP contribution >= 0.6 is 24.0 Å². The van der Waals surface area contributed by atoms with Crippen molar-refractivity contribution in [3.63, 3.8) is 0 Å². The molecule has 0 aliphatic rings. The van der Waals surface area contributed by atoms with Gasteiger partial charge in [-0.1, -0.05) is 11.2 Å². The van der Waals surface area contributed by atoms with E-state index in [0.29, 0.717) is 24.9 Å². The standard InChI is InChI=1S/C16H29N5O2.HI/c1-6-9-10-11-21(5)16(17-7-2)18-12-14-19-15(20-23-14)13(4)22-8-3;/h6,13H,1,7-12H2,2-5H3,(H,17,18);1H. The van der Waals surface area contributed by atoms with Crippen LogP contribution in [0, 0.1) is 0 Å². The second kappa shape index (κ2) is 13.2. The van der Waals surface area contributed by atoms with Crippen molar-refractivity contribution in [2.45, 2.75) is 46.3 Å². The van der Waals surface area contributed by atoms with E-state index in [1.807, 2.05) is 33.9 Å². The number of ether oxygens (including phenoxy) is 1. The Kier molecular flexibility index (Phi) is 12.5. The second-order valence-corrected chi connectivity index (χ2v) is 5.17. The molecule has 0 aliphatic carbocycles. The van der Waals surface area contributed by atoms with Crippen molar-refractivity contribution in [3.8, 4) is 0 Å². The van der Waals surface area contributed by atoms with E-state index >= 15 is 0 Å². The van der Waals surface area contributed by atoms with E-state index in [2.05, 4.69) is 31.9 Å². The summed E-state index contributed by atoms with van der Waals surface area (Å²) in [6, 6.07) is 0. The van der Waals surface area contributed by atoms with Crippen molar-refractivity contribution >= 4 is 29.9 Å². The smallest absolute Gasteiger partial charge is 0.248 e. The third-order valence-electron chi connectivity index (χ3n) is 3.23. The topological polar surface area (TPSA) is 75.8 Å². The molecular formula is C16H30IN5O2. The first-order valence-electron chi connectivity index (χ1n) is 8.16. The minimum atomic E-state index is -0.170. The molecule has 24 heavy (non-hydrogen) atoms. The summed E-state index contributed by atoms with van der Waals surface area (Å²) in [5, 5.41) is 7.20. The van der Waals surface area contributed by atoms with Gasteiger partial charge in [0.05, 0.1) is 0 Å². The predicted molar refractivity (Wildman–Crippen MR) is 107 cm³/mol. The Bertz CT molecular complexity index is 493. The summed E-state index contributed by atoms with van der Waals surface area (Å²) in [5.74, 6) is 1.87. The summed E-state index contributed by atoms with van der Waals surface area (Å²) in [7, 11) is 2.01. The fourth-order valence-electron chi connectivity index (χ4n) is 2.01. The highest BCUT2D eigenvalue weighted by molar-refractivity contribution is 14.0. The van der Waals surface area contributed by atoms with Gasteiger partial charge in [0.25, 0.3) is 0 Å². The molecule has 7 nitrogen and oxygen atoms in total. The van der Waals surface area contributed by atoms with E-state index in [9.17, 15) is 0 Å². The van der Waals surface area contributed by atoms with Gasteiger partial charge in [-0.05, 0) is 33.6 Å². The Morgan fingerprint density at radius 2 is 2.25 bits per heavy atom. The molecule has 0 fully saturated rings. The molecule has 0 aromatic carbocycles. The lowest BCUT2D eigenvalue weighted by Crippen LogP contribution is -2.39. The van der Waals surface area contributed by atoms with E-state index in [4.69, 9.17) is 9.26 Å². The molecule has 1 N–H and O–H groups in total. The van der Waals surface area contributed by atoms with Crippen molar-refractivity contribution < 1.29 is 9.26 Å². The van der Waals surface area contributed by atoms with E-state index < -0.39 is 0 Å². The zero-order valence-corrected chi connectivity index (χ0v) is 17.4. The number of rotatable bonds is 10. The van der Waals surface area contributed by atoms with Gasteiger partial charge in [0.15, 0.2) is 11.8 Å². The first-order valence-corrected chi connectivity index (χ1v) is 8.16. The summed E-state index contributed by atoms with van der Waals surface area (Å²) in [5.41, 5.74) is 0. The van der Waals surface area contributed by atoms with Gasteiger partial charge in [-0.2, -0.15) is 4.98 Å². The lowest BCUT2D eigenvalue weighted by Gasteiger charge is -2.21. The molecule has 0 radical (unpaired) electrons. The number of allylic oxidation sites excluding steroid dienone is 1. The van der Waals surface area contributed by atoms with Crippen LogP contribution in [0.1, 0.15) is 51.4 Å². The molecular weight excluding hydrogens is 421 g/mol. The quantitative estimate of drug-likeness (QED) is 0.194. The molecule has 1 atom stereocenters. The van der Waals surface area contributed by atoms with Crippen LogP contribution in [0.3, 0.4) is 0 Å². The van der Waals surface area contributed by atoms with E-state index in [0.717, 1.165) is 31.9 Å². The molecule has 0 aliphatic heterocycles. The van der Waals surface area contributed by atoms with Gasteiger partial charge in [0, 0.05) is 26.7 Å². The van der Waals surface area contributed by atoms with Crippen LogP contribution in [0.5, 0.6) is 0 Å². The molecule has 1 heterocycles. The number of unbranched alkanes of at least 4 members (excludes halogenated alkanes) is 1. The lowest BCUT2D eigenvalue weighted by atomic mass is 10.3. The summed E-state index contributed by atoms with van der Waals surface area (Å²) in [6.07, 6.45) is 3.79. The Balaban J connectivity index is 0.00000529. The van der Waals surface area contributed by atoms with Gasteiger partial charge in [-0.25, -0.2) is 4.99 Å². The fraction of sp³-hybridized carbons (Fsp3) is 0.688. The normalized spacial score (nSPS) is 12.4. The number of nitrogens with one attached hydrogen (secondary N) is 1. The molecule has 0 spiro atoms. The fourth-order valence-corrected chi connectivity index (χ4v) is 2.01. The molecule has 8 heteroatoms. The highest BCUT2D eigenvalue weighted by Crippen LogP contribution is 2.13. The molecule has 138 valence electrons. The van der Waals surface area contributed by atoms with E-state index in [1.165, 1.54) is 0 Å². The Labute approximate surface area is 161 Å². The molecule has 1 aromatic rings. The van der Waals surface area contributed by atoms with Gasteiger partial charge >= 0.3 is 0 Å². The van der Waals surface area contributed by atoms with Crippen LogP contribution in [0.15, 0.2) is 22.2 Å². The number of nitrogens with zero attached hydrogens (tertiary/aromatic N) is 4. The van der Waals surface area contributed by atoms with Gasteiger partial charge in [0.1, 0.15) is 12.6 Å². The van der Waals surface area contributed by atoms with E-state index in [1.54, 1.807) is 0 Å². The summed E-state index contributed by atoms with van der Waals surface area (Å²) in [6.45, 7) is 12.3. The van der Waals surface area contributed by atoms with Crippen molar-refractivity contribution in [1.82, 2.24) is 20.4 Å². The maximum atomic E-state index is 5.45. The van der Waals surface area contributed by atoms with Crippen LogP contribution < -0.4 is 5.32 Å². The zero-order chi connectivity index (χ0) is 17.1. The first kappa shape index (κ1) is 22.8. The van der Waals surface area contributed by atoms with Gasteiger partial charge in [-0.15, -0.1) is 30.6 Å². The molecule has 0 saturated heterocycles. The van der Waals surface area contributed by atoms with Crippen molar-refractivity contribution in [3.05, 3.63) is 24.4 Å². The van der Waals surface area contributed by atoms with Crippen molar-refractivity contribution in [1.29, 1.82) is 0 Å². The number of aromatic nitrogens is 2. The Morgan fingerprint density at radius 3 is 2.88 bits per heavy atom. The maximum absolute atomic E-state index is 5.45. The lowest BCUT2D eigenvalue weighted by molar-refractivity contribution is 0.0683. The molecule has 0 saturated carbocycles. The van der Waals surface area contributed by atoms with Crippen LogP contribution in [0.2, 0.25) is 0 Å². The molecule has 1 aromatic heterocycles. The molecule has 1 unspecified atom stereocenters. The highest BCUT2D eigenvalue weighted by Gasteiger charge is 2.14. The number of hydrogen-bond acceptors (Lipinski definition) is 5. The third kappa shape index (κ3) is 8.09. The monoisotopic (exact) mass is 451 g/mol. The van der Waals surface area contributed by atoms with Gasteiger partial charge in [-0.3, -0.25) is 0 Å². The maximum Gasteiger partial charge on any atom is 0.248 e. The Morgan fingerprint density at radius 1 is 1.50 bits per heavy atom. The largest absolute Gasteiger partial charge is 0.371 e. The number of hydrogen-bond donors (Lipinski definition) is 1. The summed E-state index contributed by atoms with van der Waals surface area (Å²) >= 11 is 0. The van der Waals surface area contributed by atoms with Gasteiger partial charge in [0.2, 0.25) is 5.89 Å². The first-order chi connectivity index (χ1) is 11.1. The number of aliphatic imine (C=N–C) groups is 1. The average Bonchev–Trinajstić information content (AvgIpc) is 3.01. The molecule has 0 amide bonds. The van der Waals surface area contributed by atoms with Crippen molar-refractivity contribution in [2.75, 3.05) is 26.7 Å². The molecule has 0 bridgehead atoms. The summed E-state index contributed by atoms with van der Waals surface area (Å²) < 4.78 is 10.7. The minimum Gasteiger partial charge on any atom is -0.371 e. The number of guanidine groups is 1. The second-order valence-electron chi connectivity index (χ2n) is 5.17. The summed E-state index contributed by atoms with van der Waals surface area (Å²) in [4.78, 5) is 11.0. The van der Waals surface area contributed by atoms with E-state index in [-0.39, 0.29) is 30.1 Å². The van der Waals surface area contributed by atoms with Gasteiger partial charge < -0.3 is 19.5 Å². The Hall–Kier alpha value is -1.16. The minimum absolute atomic E-state index is 0. The van der Waals surface area contributed by atoms with Crippen LogP contribution in [-0.4, -0.2) is 47.7 Å². The number of halogens is 1. The zero-order valence-electron chi connectivity index (χ0n) is 15.1. The predicted octanol–water partition coefficient (Wildman–Crippen LogP) is 3.15. The average molecular weight is 451 g/mol. The van der Waals surface area contributed by atoms with Crippen LogP contribution in [0.25, 0.3) is 0 Å². The SMILES string of the molecule is C=CCCCN(C)C(=NCc1nc(C(C)OCC)no1)NCC.I. The van der Waals surface area contributed by atoms with Crippen LogP contribution in [0.4, 0.5) is 0 Å². The van der Waals surface area contributed by atoms with Crippen LogP contribution in [-0.2, 0) is 11.3 Å². The third-order valence-corrected chi connectivity index (χ3v) is 3.23. The molecule has 1 rings (SSSR count).